The summed E-state index contributed by atoms with van der Waals surface area (Å²) in [5.74, 6) is 0. The minimum Gasteiger partial charge on any atom is -0.347 e. The maximum absolute atomic E-state index is 2.38. The summed E-state index contributed by atoms with van der Waals surface area (Å²) in [6.45, 7) is 4.45. The fraction of sp³-hybridized carbons (Fsp3) is 0.154. The summed E-state index contributed by atoms with van der Waals surface area (Å²) in [5.41, 5.74) is 9.48. The van der Waals surface area contributed by atoms with Crippen molar-refractivity contribution in [2.24, 2.45) is 7.05 Å². The maximum atomic E-state index is 2.38. The van der Waals surface area contributed by atoms with Crippen LogP contribution in [0.1, 0.15) is 18.2 Å². The molecule has 5 rings (SSSR count). The van der Waals surface area contributed by atoms with Crippen LogP contribution < -0.4 is 0 Å². The molecule has 0 saturated heterocycles. The van der Waals surface area contributed by atoms with E-state index in [2.05, 4.69) is 98.3 Å². The number of rotatable bonds is 2. The summed E-state index contributed by atoms with van der Waals surface area (Å²) in [5, 5.41) is 4.06. The highest BCUT2D eigenvalue weighted by atomic mass is 14.9. The van der Waals surface area contributed by atoms with Gasteiger partial charge in [0.25, 0.3) is 0 Å². The first kappa shape index (κ1) is 16.1. The van der Waals surface area contributed by atoms with Crippen LogP contribution in [0.3, 0.4) is 0 Å². The second kappa shape index (κ2) is 5.99. The van der Waals surface area contributed by atoms with E-state index in [1.54, 1.807) is 0 Å². The van der Waals surface area contributed by atoms with Crippen molar-refractivity contribution in [2.45, 2.75) is 20.3 Å². The SMILES string of the molecule is CCc1c2c3cc(C)ccc3c(-c3ccccc3)c-2c2ccccc2n1C. The Balaban J connectivity index is 2.11. The number of para-hydroxylation sites is 1. The first-order valence-corrected chi connectivity index (χ1v) is 9.68. The van der Waals surface area contributed by atoms with Crippen molar-refractivity contribution in [1.29, 1.82) is 0 Å². The van der Waals surface area contributed by atoms with E-state index in [1.165, 1.54) is 55.2 Å². The minimum absolute atomic E-state index is 1.01. The van der Waals surface area contributed by atoms with Crippen LogP contribution in [0.15, 0.2) is 72.8 Å². The molecule has 3 aromatic rings. The summed E-state index contributed by atoms with van der Waals surface area (Å²) < 4.78 is 2.38. The molecule has 0 unspecified atom stereocenters. The first-order chi connectivity index (χ1) is 13.2. The standard InChI is InChI=1S/C26H23N/c1-4-22-25-21-16-17(2)14-15-19(21)24(18-10-6-5-7-11-18)26(25)20-12-8-9-13-23(20)27(22)3/h5-16H,4H2,1-3H3. The molecule has 3 aromatic carbocycles. The van der Waals surface area contributed by atoms with Crippen LogP contribution in [0, 0.1) is 6.92 Å². The molecule has 0 atom stereocenters. The highest BCUT2D eigenvalue weighted by molar-refractivity contribution is 6.21. The number of benzene rings is 3. The zero-order valence-corrected chi connectivity index (χ0v) is 16.1. The lowest BCUT2D eigenvalue weighted by Crippen LogP contribution is -2.05. The van der Waals surface area contributed by atoms with E-state index in [9.17, 15) is 0 Å². The van der Waals surface area contributed by atoms with Crippen LogP contribution in [0.5, 0.6) is 0 Å². The molecular formula is C26H23N. The number of hydrogen-bond donors (Lipinski definition) is 0. The lowest BCUT2D eigenvalue weighted by Gasteiger charge is -2.19. The van der Waals surface area contributed by atoms with E-state index in [0.717, 1.165) is 6.42 Å². The third-order valence-corrected chi connectivity index (χ3v) is 5.84. The van der Waals surface area contributed by atoms with Crippen molar-refractivity contribution in [3.05, 3.63) is 84.1 Å². The van der Waals surface area contributed by atoms with Crippen molar-refractivity contribution in [1.82, 2.24) is 4.57 Å². The molecule has 0 fully saturated rings. The minimum atomic E-state index is 1.01. The van der Waals surface area contributed by atoms with Gasteiger partial charge in [0.05, 0.1) is 0 Å². The maximum Gasteiger partial charge on any atom is 0.0485 e. The summed E-state index contributed by atoms with van der Waals surface area (Å²) >= 11 is 0. The van der Waals surface area contributed by atoms with Gasteiger partial charge in [-0.1, -0.05) is 79.2 Å². The Hall–Kier alpha value is -3.06. The molecular weight excluding hydrogens is 326 g/mol. The quantitative estimate of drug-likeness (QED) is 0.324. The lowest BCUT2D eigenvalue weighted by molar-refractivity contribution is 0.854. The molecule has 1 aliphatic heterocycles. The second-order valence-electron chi connectivity index (χ2n) is 7.42. The zero-order valence-electron chi connectivity index (χ0n) is 16.1. The Morgan fingerprint density at radius 2 is 1.44 bits per heavy atom. The van der Waals surface area contributed by atoms with Crippen molar-refractivity contribution >= 4 is 21.7 Å². The topological polar surface area (TPSA) is 4.93 Å². The fourth-order valence-corrected chi connectivity index (χ4v) is 4.66. The van der Waals surface area contributed by atoms with Gasteiger partial charge in [-0.05, 0) is 41.3 Å². The van der Waals surface area contributed by atoms with Gasteiger partial charge in [-0.3, -0.25) is 0 Å². The molecule has 0 radical (unpaired) electrons. The highest BCUT2D eigenvalue weighted by Crippen LogP contribution is 2.50. The molecule has 2 aliphatic rings. The van der Waals surface area contributed by atoms with Crippen LogP contribution in [0.2, 0.25) is 0 Å². The molecule has 0 bridgehead atoms. The number of aromatic nitrogens is 1. The van der Waals surface area contributed by atoms with Crippen LogP contribution in [0.4, 0.5) is 0 Å². The van der Waals surface area contributed by atoms with Crippen molar-refractivity contribution in [3.8, 4) is 22.3 Å². The molecule has 1 aliphatic carbocycles. The second-order valence-corrected chi connectivity index (χ2v) is 7.42. The lowest BCUT2D eigenvalue weighted by atomic mass is 9.93. The Bertz CT molecular complexity index is 1260. The average molecular weight is 349 g/mol. The smallest absolute Gasteiger partial charge is 0.0485 e. The van der Waals surface area contributed by atoms with Gasteiger partial charge in [0.2, 0.25) is 0 Å². The third-order valence-electron chi connectivity index (χ3n) is 5.84. The van der Waals surface area contributed by atoms with Gasteiger partial charge in [-0.2, -0.15) is 0 Å². The zero-order chi connectivity index (χ0) is 18.5. The number of fused-ring (bicyclic) bond motifs is 5. The molecule has 1 heterocycles. The third kappa shape index (κ3) is 2.24. The molecule has 27 heavy (non-hydrogen) atoms. The van der Waals surface area contributed by atoms with Gasteiger partial charge in [-0.15, -0.1) is 0 Å². The molecule has 0 N–H and O–H groups in total. The molecule has 0 aromatic heterocycles. The van der Waals surface area contributed by atoms with E-state index >= 15 is 0 Å². The molecule has 132 valence electrons. The van der Waals surface area contributed by atoms with E-state index < -0.39 is 0 Å². The predicted molar refractivity (Wildman–Crippen MR) is 117 cm³/mol. The normalized spacial score (nSPS) is 11.7. The van der Waals surface area contributed by atoms with Gasteiger partial charge in [0, 0.05) is 34.8 Å². The van der Waals surface area contributed by atoms with Gasteiger partial charge in [0.15, 0.2) is 0 Å². The fourth-order valence-electron chi connectivity index (χ4n) is 4.66. The Labute approximate surface area is 160 Å². The van der Waals surface area contributed by atoms with Gasteiger partial charge < -0.3 is 4.57 Å². The number of hydrogen-bond acceptors (Lipinski definition) is 0. The number of aryl methyl sites for hydroxylation is 2. The van der Waals surface area contributed by atoms with Crippen LogP contribution >= 0.6 is 0 Å². The van der Waals surface area contributed by atoms with E-state index in [0.29, 0.717) is 0 Å². The van der Waals surface area contributed by atoms with Gasteiger partial charge >= 0.3 is 0 Å². The summed E-state index contributed by atoms with van der Waals surface area (Å²) in [4.78, 5) is 0. The Morgan fingerprint density at radius 3 is 2.22 bits per heavy atom. The number of nitrogens with zero attached hydrogens (tertiary/aromatic N) is 1. The van der Waals surface area contributed by atoms with E-state index in [1.807, 2.05) is 0 Å². The average Bonchev–Trinajstić information content (AvgIpc) is 3.03. The molecule has 0 saturated carbocycles. The van der Waals surface area contributed by atoms with E-state index in [4.69, 9.17) is 0 Å². The summed E-state index contributed by atoms with van der Waals surface area (Å²) in [6, 6.07) is 26.6. The first-order valence-electron chi connectivity index (χ1n) is 9.68. The molecule has 0 spiro atoms. The monoisotopic (exact) mass is 349 g/mol. The van der Waals surface area contributed by atoms with Crippen molar-refractivity contribution in [3.63, 3.8) is 0 Å². The van der Waals surface area contributed by atoms with Crippen LogP contribution in [-0.2, 0) is 13.5 Å². The Kier molecular flexibility index (Phi) is 3.58. The van der Waals surface area contributed by atoms with Gasteiger partial charge in [-0.25, -0.2) is 0 Å². The van der Waals surface area contributed by atoms with Crippen molar-refractivity contribution < 1.29 is 0 Å². The molecule has 0 amide bonds. The van der Waals surface area contributed by atoms with Crippen LogP contribution in [0.25, 0.3) is 43.9 Å². The Morgan fingerprint density at radius 1 is 0.704 bits per heavy atom. The van der Waals surface area contributed by atoms with Gasteiger partial charge in [0.1, 0.15) is 0 Å². The van der Waals surface area contributed by atoms with Crippen molar-refractivity contribution in [2.75, 3.05) is 0 Å². The molecule has 1 nitrogen and oxygen atoms in total. The highest BCUT2D eigenvalue weighted by Gasteiger charge is 2.25. The largest absolute Gasteiger partial charge is 0.347 e. The van der Waals surface area contributed by atoms with Crippen LogP contribution in [-0.4, -0.2) is 4.57 Å². The summed E-state index contributed by atoms with van der Waals surface area (Å²) in [6.07, 6.45) is 1.01. The summed E-state index contributed by atoms with van der Waals surface area (Å²) in [7, 11) is 2.21. The van der Waals surface area contributed by atoms with E-state index in [-0.39, 0.29) is 0 Å². The number of pyridine rings is 1. The predicted octanol–water partition coefficient (Wildman–Crippen LogP) is 6.97. The molecule has 1 heteroatoms.